The summed E-state index contributed by atoms with van der Waals surface area (Å²) in [5, 5.41) is 0. The van der Waals surface area contributed by atoms with E-state index >= 15 is 0 Å². The molecular weight excluding hydrogens is 324 g/mol. The summed E-state index contributed by atoms with van der Waals surface area (Å²) in [6.45, 7) is 9.67. The van der Waals surface area contributed by atoms with E-state index in [1.54, 1.807) is 4.90 Å². The Morgan fingerprint density at radius 2 is 1.58 bits per heavy atom. The Morgan fingerprint density at radius 1 is 1.04 bits per heavy atom. The van der Waals surface area contributed by atoms with Crippen LogP contribution >= 0.6 is 12.6 Å². The van der Waals surface area contributed by atoms with Crippen LogP contribution < -0.4 is 0 Å². The topological polar surface area (TPSA) is 47.1 Å². The monoisotopic (exact) mass is 356 g/mol. The smallest absolute Gasteiger partial charge is 0.238 e. The van der Waals surface area contributed by atoms with E-state index in [0.717, 1.165) is 52.1 Å². The number of rotatable bonds is 4. The van der Waals surface area contributed by atoms with Gasteiger partial charge in [-0.05, 0) is 26.7 Å². The van der Waals surface area contributed by atoms with Gasteiger partial charge in [-0.1, -0.05) is 0 Å². The number of thiol groups is 1. The molecule has 24 heavy (non-hydrogen) atoms. The van der Waals surface area contributed by atoms with Gasteiger partial charge in [0.1, 0.15) is 0 Å². The zero-order valence-corrected chi connectivity index (χ0v) is 16.4. The quantitative estimate of drug-likeness (QED) is 0.741. The van der Waals surface area contributed by atoms with Gasteiger partial charge >= 0.3 is 0 Å². The van der Waals surface area contributed by atoms with Gasteiger partial charge in [0.25, 0.3) is 0 Å². The summed E-state index contributed by atoms with van der Waals surface area (Å²) in [7, 11) is 3.62. The van der Waals surface area contributed by atoms with Crippen LogP contribution in [-0.2, 0) is 9.59 Å². The maximum absolute atomic E-state index is 12.3. The van der Waals surface area contributed by atoms with Crippen molar-refractivity contribution in [1.29, 1.82) is 0 Å². The lowest BCUT2D eigenvalue weighted by molar-refractivity contribution is -0.135. The van der Waals surface area contributed by atoms with E-state index in [1.807, 2.05) is 32.8 Å². The van der Waals surface area contributed by atoms with Crippen molar-refractivity contribution in [2.75, 3.05) is 59.9 Å². The van der Waals surface area contributed by atoms with Crippen LogP contribution in [-0.4, -0.2) is 102 Å². The van der Waals surface area contributed by atoms with Crippen LogP contribution in [0.15, 0.2) is 0 Å². The standard InChI is InChI=1S/C17H32N4O2S/c1-17(2,24)16(23)21-11-9-20(10-12-21)14-5-7-19(8-6-14)13-15(22)18(3)4/h14,24H,5-13H2,1-4H3. The first kappa shape index (κ1) is 19.5. The molecule has 0 saturated carbocycles. The number of nitrogens with zero attached hydrogens (tertiary/aromatic N) is 4. The summed E-state index contributed by atoms with van der Waals surface area (Å²) in [6.07, 6.45) is 2.21. The third kappa shape index (κ3) is 5.10. The number of carbonyl (C=O) groups excluding carboxylic acids is 2. The first-order valence-electron chi connectivity index (χ1n) is 8.87. The van der Waals surface area contributed by atoms with Gasteiger partial charge in [-0.25, -0.2) is 0 Å². The molecule has 0 radical (unpaired) electrons. The second-order valence-electron chi connectivity index (χ2n) is 7.68. The summed E-state index contributed by atoms with van der Waals surface area (Å²) in [5.41, 5.74) is 0. The molecule has 0 aliphatic carbocycles. The number of hydrogen-bond acceptors (Lipinski definition) is 5. The summed E-state index contributed by atoms with van der Waals surface area (Å²) < 4.78 is -0.591. The molecule has 2 aliphatic heterocycles. The van der Waals surface area contributed by atoms with E-state index < -0.39 is 4.75 Å². The zero-order chi connectivity index (χ0) is 17.9. The van der Waals surface area contributed by atoms with Gasteiger partial charge < -0.3 is 9.80 Å². The normalized spacial score (nSPS) is 21.8. The predicted octanol–water partition coefficient (Wildman–Crippen LogP) is 0.392. The molecule has 0 unspecified atom stereocenters. The van der Waals surface area contributed by atoms with E-state index in [1.165, 1.54) is 0 Å². The van der Waals surface area contributed by atoms with E-state index in [0.29, 0.717) is 12.6 Å². The average molecular weight is 357 g/mol. The van der Waals surface area contributed by atoms with Crippen molar-refractivity contribution < 1.29 is 9.59 Å². The molecule has 0 aromatic heterocycles. The van der Waals surface area contributed by atoms with Crippen molar-refractivity contribution in [2.24, 2.45) is 0 Å². The van der Waals surface area contributed by atoms with Crippen molar-refractivity contribution >= 4 is 24.4 Å². The predicted molar refractivity (Wildman–Crippen MR) is 99.4 cm³/mol. The molecule has 0 N–H and O–H groups in total. The molecule has 0 spiro atoms. The summed E-state index contributed by atoms with van der Waals surface area (Å²) in [5.74, 6) is 0.303. The van der Waals surface area contributed by atoms with Gasteiger partial charge in [0.2, 0.25) is 11.8 Å². The van der Waals surface area contributed by atoms with E-state index in [-0.39, 0.29) is 11.8 Å². The number of piperidine rings is 1. The summed E-state index contributed by atoms with van der Waals surface area (Å²) in [4.78, 5) is 32.5. The minimum absolute atomic E-state index is 0.127. The fourth-order valence-electron chi connectivity index (χ4n) is 3.45. The SMILES string of the molecule is CN(C)C(=O)CN1CCC(N2CCN(C(=O)C(C)(C)S)CC2)CC1. The Morgan fingerprint density at radius 3 is 2.04 bits per heavy atom. The Kier molecular flexibility index (Phi) is 6.56. The van der Waals surface area contributed by atoms with Crippen molar-refractivity contribution in [3.63, 3.8) is 0 Å². The lowest BCUT2D eigenvalue weighted by Gasteiger charge is -2.43. The zero-order valence-electron chi connectivity index (χ0n) is 15.5. The fraction of sp³-hybridized carbons (Fsp3) is 0.882. The van der Waals surface area contributed by atoms with Gasteiger partial charge in [0, 0.05) is 59.4 Å². The second-order valence-corrected chi connectivity index (χ2v) is 8.80. The molecule has 0 aromatic carbocycles. The maximum Gasteiger partial charge on any atom is 0.238 e. The Hall–Kier alpha value is -0.790. The Labute approximate surface area is 151 Å². The third-order valence-corrected chi connectivity index (χ3v) is 5.25. The highest BCUT2D eigenvalue weighted by atomic mass is 32.1. The van der Waals surface area contributed by atoms with Gasteiger partial charge in [0.05, 0.1) is 11.3 Å². The van der Waals surface area contributed by atoms with Gasteiger partial charge in [0.15, 0.2) is 0 Å². The van der Waals surface area contributed by atoms with Crippen molar-refractivity contribution in [1.82, 2.24) is 19.6 Å². The highest BCUT2D eigenvalue weighted by Crippen LogP contribution is 2.21. The Balaban J connectivity index is 1.75. The van der Waals surface area contributed by atoms with Gasteiger partial charge in [-0.2, -0.15) is 12.6 Å². The van der Waals surface area contributed by atoms with Crippen molar-refractivity contribution in [3.05, 3.63) is 0 Å². The molecule has 2 heterocycles. The highest BCUT2D eigenvalue weighted by Gasteiger charge is 2.33. The molecule has 0 aromatic rings. The van der Waals surface area contributed by atoms with E-state index in [9.17, 15) is 9.59 Å². The molecule has 7 heteroatoms. The largest absolute Gasteiger partial charge is 0.348 e. The summed E-state index contributed by atoms with van der Waals surface area (Å²) in [6, 6.07) is 0.581. The molecule has 0 atom stereocenters. The van der Waals surface area contributed by atoms with Crippen molar-refractivity contribution in [2.45, 2.75) is 37.5 Å². The lowest BCUT2D eigenvalue weighted by Crippen LogP contribution is -2.56. The molecule has 2 aliphatic rings. The van der Waals surface area contributed by atoms with Crippen LogP contribution in [0, 0.1) is 0 Å². The van der Waals surface area contributed by atoms with Crippen LogP contribution in [0.3, 0.4) is 0 Å². The fourth-order valence-corrected chi connectivity index (χ4v) is 3.59. The number of hydrogen-bond donors (Lipinski definition) is 1. The molecule has 0 bridgehead atoms. The summed E-state index contributed by atoms with van der Waals surface area (Å²) >= 11 is 4.39. The minimum Gasteiger partial charge on any atom is -0.348 e. The van der Waals surface area contributed by atoms with Crippen LogP contribution in [0.5, 0.6) is 0 Å². The third-order valence-electron chi connectivity index (χ3n) is 5.06. The van der Waals surface area contributed by atoms with E-state index in [2.05, 4.69) is 22.4 Å². The molecule has 138 valence electrons. The molecule has 2 rings (SSSR count). The lowest BCUT2D eigenvalue weighted by atomic mass is 10.0. The van der Waals surface area contributed by atoms with Crippen LogP contribution in [0.25, 0.3) is 0 Å². The number of amides is 2. The maximum atomic E-state index is 12.3. The van der Waals surface area contributed by atoms with Gasteiger partial charge in [-0.15, -0.1) is 0 Å². The second kappa shape index (κ2) is 8.06. The van der Waals surface area contributed by atoms with E-state index in [4.69, 9.17) is 0 Å². The highest BCUT2D eigenvalue weighted by molar-refractivity contribution is 7.82. The van der Waals surface area contributed by atoms with Crippen LogP contribution in [0.4, 0.5) is 0 Å². The van der Waals surface area contributed by atoms with Crippen molar-refractivity contribution in [3.8, 4) is 0 Å². The molecule has 6 nitrogen and oxygen atoms in total. The average Bonchev–Trinajstić information content (AvgIpc) is 2.54. The molecule has 2 fully saturated rings. The molecule has 2 amide bonds. The first-order valence-corrected chi connectivity index (χ1v) is 9.31. The van der Waals surface area contributed by atoms with Gasteiger partial charge in [-0.3, -0.25) is 19.4 Å². The number of carbonyl (C=O) groups is 2. The number of likely N-dealkylation sites (tertiary alicyclic amines) is 1. The number of likely N-dealkylation sites (N-methyl/N-ethyl adjacent to an activating group) is 1. The first-order chi connectivity index (χ1) is 11.2. The van der Waals surface area contributed by atoms with Crippen LogP contribution in [0.1, 0.15) is 26.7 Å². The Bertz CT molecular complexity index is 448. The molecule has 2 saturated heterocycles. The van der Waals surface area contributed by atoms with Crippen LogP contribution in [0.2, 0.25) is 0 Å². The minimum atomic E-state index is -0.591. The number of piperazine rings is 1. The molecular formula is C17H32N4O2S.